The highest BCUT2D eigenvalue weighted by molar-refractivity contribution is 7.47. The highest BCUT2D eigenvalue weighted by Crippen LogP contribution is 2.50. The number of hydrogen-bond donors (Lipinski definition) is 2. The molecule has 0 aliphatic rings. The second kappa shape index (κ2) is 9.05. The van der Waals surface area contributed by atoms with E-state index >= 15 is 0 Å². The van der Waals surface area contributed by atoms with Crippen LogP contribution in [0.4, 0.5) is 12.6 Å². The number of carboxylic acids is 2. The highest BCUT2D eigenvalue weighted by Gasteiger charge is 2.13. The van der Waals surface area contributed by atoms with Gasteiger partial charge in [-0.05, 0) is 0 Å². The molecule has 0 bridgehead atoms. The number of aliphatic carboxylic acids is 2. The Hall–Kier alpha value is -1.04. The summed E-state index contributed by atoms with van der Waals surface area (Å²) in [7, 11) is -6.14. The quantitative estimate of drug-likeness (QED) is 0.615. The Morgan fingerprint density at radius 1 is 1.00 bits per heavy atom. The first-order chi connectivity index (χ1) is 5.46. The molecule has 0 saturated heterocycles. The smallest absolute Gasteiger partial charge is 0.481 e. The van der Waals surface area contributed by atoms with Gasteiger partial charge < -0.3 is 10.2 Å². The molecule has 0 radical (unpaired) electrons. The molecule has 0 fully saturated rings. The summed E-state index contributed by atoms with van der Waals surface area (Å²) in [6.07, 6.45) is 0. The van der Waals surface area contributed by atoms with E-state index in [4.69, 9.17) is 24.4 Å². The van der Waals surface area contributed by atoms with Crippen molar-refractivity contribution < 1.29 is 37.0 Å². The Bertz CT molecular complexity index is 172. The fourth-order valence-corrected chi connectivity index (χ4v) is 0. The fourth-order valence-electron chi connectivity index (χ4n) is 0. The van der Waals surface area contributed by atoms with Crippen LogP contribution in [0.3, 0.4) is 0 Å². The van der Waals surface area contributed by atoms with E-state index in [1.54, 1.807) is 0 Å². The van der Waals surface area contributed by atoms with E-state index in [-0.39, 0.29) is 0 Å². The van der Waals surface area contributed by atoms with Gasteiger partial charge in [0, 0.05) is 13.8 Å². The lowest BCUT2D eigenvalue weighted by atomic mass is 10.9. The van der Waals surface area contributed by atoms with Crippen LogP contribution in [-0.4, -0.2) is 22.2 Å². The lowest BCUT2D eigenvalue weighted by Crippen LogP contribution is -1.78. The van der Waals surface area contributed by atoms with Crippen LogP contribution in [0.5, 0.6) is 0 Å². The molecule has 0 amide bonds. The largest absolute Gasteiger partial charge is 0.591 e. The summed E-state index contributed by atoms with van der Waals surface area (Å²) in [5, 5.41) is 14.8. The third kappa shape index (κ3) is 814. The van der Waals surface area contributed by atoms with E-state index in [0.717, 1.165) is 13.8 Å². The van der Waals surface area contributed by atoms with Crippen molar-refractivity contribution in [3.05, 3.63) is 0 Å². The molecule has 0 atom stereocenters. The number of hydrogen-bond acceptors (Lipinski definition) is 3. The zero-order chi connectivity index (χ0) is 11.7. The molecule has 0 saturated carbocycles. The summed E-state index contributed by atoms with van der Waals surface area (Å²) in [6.45, 7) is 2.17. The minimum Gasteiger partial charge on any atom is -0.481 e. The molecule has 2 N–H and O–H groups in total. The second-order valence-electron chi connectivity index (χ2n) is 1.44. The summed E-state index contributed by atoms with van der Waals surface area (Å²) in [5.41, 5.74) is 0. The van der Waals surface area contributed by atoms with Gasteiger partial charge >= 0.3 is 8.07 Å². The summed E-state index contributed by atoms with van der Waals surface area (Å²) < 4.78 is 37.9. The average molecular weight is 224 g/mol. The minimum atomic E-state index is -6.14. The van der Waals surface area contributed by atoms with E-state index < -0.39 is 20.0 Å². The third-order valence-electron chi connectivity index (χ3n) is 0. The molecule has 0 aromatic heterocycles. The molecule has 0 heterocycles. The normalized spacial score (nSPS) is 8.38. The third-order valence-corrected chi connectivity index (χ3v) is 0. The van der Waals surface area contributed by atoms with Crippen molar-refractivity contribution in [2.24, 2.45) is 0 Å². The summed E-state index contributed by atoms with van der Waals surface area (Å²) >= 11 is 0. The van der Waals surface area contributed by atoms with Gasteiger partial charge in [0.2, 0.25) is 0 Å². The lowest BCUT2D eigenvalue weighted by Gasteiger charge is -1.68. The van der Waals surface area contributed by atoms with Crippen LogP contribution < -0.4 is 0 Å². The Kier molecular flexibility index (Phi) is 12.5. The van der Waals surface area contributed by atoms with Crippen molar-refractivity contribution >= 4 is 20.0 Å². The highest BCUT2D eigenvalue weighted by atomic mass is 31.3. The fraction of sp³-hybridized carbons (Fsp3) is 0.500. The van der Waals surface area contributed by atoms with Gasteiger partial charge in [0.05, 0.1) is 0 Å². The predicted octanol–water partition coefficient (Wildman–Crippen LogP) is 2.18. The van der Waals surface area contributed by atoms with Gasteiger partial charge in [-0.15, -0.1) is 12.6 Å². The van der Waals surface area contributed by atoms with Crippen LogP contribution in [0.1, 0.15) is 13.8 Å². The summed E-state index contributed by atoms with van der Waals surface area (Å²) in [6, 6.07) is 0. The van der Waals surface area contributed by atoms with Gasteiger partial charge in [-0.3, -0.25) is 9.59 Å². The van der Waals surface area contributed by atoms with Crippen molar-refractivity contribution in [3.63, 3.8) is 0 Å². The van der Waals surface area contributed by atoms with Crippen LogP contribution >= 0.6 is 8.07 Å². The number of halogens is 3. The first-order valence-electron chi connectivity index (χ1n) is 2.55. The van der Waals surface area contributed by atoms with Crippen LogP contribution in [0.2, 0.25) is 0 Å². The maximum atomic E-state index is 9.91. The van der Waals surface area contributed by atoms with Gasteiger partial charge in [0.15, 0.2) is 0 Å². The molecule has 0 aromatic carbocycles. The Labute approximate surface area is 71.9 Å². The van der Waals surface area contributed by atoms with E-state index in [1.807, 2.05) is 0 Å². The molecular weight excluding hydrogens is 216 g/mol. The second-order valence-corrected chi connectivity index (χ2v) is 2.23. The maximum absolute atomic E-state index is 9.91. The van der Waals surface area contributed by atoms with E-state index in [9.17, 15) is 12.6 Å². The zero-order valence-corrected chi connectivity index (χ0v) is 7.59. The molecule has 5 nitrogen and oxygen atoms in total. The minimum absolute atomic E-state index is 0.833. The van der Waals surface area contributed by atoms with Crippen LogP contribution in [-0.2, 0) is 14.2 Å². The molecule has 0 unspecified atom stereocenters. The van der Waals surface area contributed by atoms with Gasteiger partial charge in [-0.25, -0.2) is 4.57 Å². The molecule has 0 aliphatic carbocycles. The summed E-state index contributed by atoms with van der Waals surface area (Å²) in [4.78, 5) is 18.0. The van der Waals surface area contributed by atoms with Crippen molar-refractivity contribution in [1.29, 1.82) is 0 Å². The zero-order valence-electron chi connectivity index (χ0n) is 6.70. The monoisotopic (exact) mass is 224 g/mol. The molecule has 0 rings (SSSR count). The van der Waals surface area contributed by atoms with Crippen LogP contribution in [0, 0.1) is 0 Å². The number of carboxylic acid groups (broad SMARTS) is 2. The molecule has 80 valence electrons. The molecule has 0 spiro atoms. The lowest BCUT2D eigenvalue weighted by molar-refractivity contribution is -0.135. The van der Waals surface area contributed by atoms with E-state index in [0.29, 0.717) is 0 Å². The standard InChI is InChI=1S/2C2H4O2.F3OP/c2*1-2(3)4;1-5(2,3)4/h2*1H3,(H,3,4);. The van der Waals surface area contributed by atoms with Crippen molar-refractivity contribution in [1.82, 2.24) is 0 Å². The topological polar surface area (TPSA) is 91.7 Å². The van der Waals surface area contributed by atoms with Crippen molar-refractivity contribution in [2.45, 2.75) is 13.8 Å². The van der Waals surface area contributed by atoms with Gasteiger partial charge in [-0.1, -0.05) is 0 Å². The van der Waals surface area contributed by atoms with Crippen LogP contribution in [0.15, 0.2) is 0 Å². The SMILES string of the molecule is CC(=O)O.CC(=O)O.O=P(F)(F)F. The van der Waals surface area contributed by atoms with E-state index in [1.165, 1.54) is 0 Å². The Morgan fingerprint density at radius 2 is 1.00 bits per heavy atom. The van der Waals surface area contributed by atoms with Gasteiger partial charge in [0.1, 0.15) is 0 Å². The van der Waals surface area contributed by atoms with Gasteiger partial charge in [-0.2, -0.15) is 0 Å². The Balaban J connectivity index is -0.000000117. The van der Waals surface area contributed by atoms with Crippen molar-refractivity contribution in [3.8, 4) is 0 Å². The van der Waals surface area contributed by atoms with Crippen molar-refractivity contribution in [2.75, 3.05) is 0 Å². The average Bonchev–Trinajstić information content (AvgIpc) is 1.50. The predicted molar refractivity (Wildman–Crippen MR) is 37.6 cm³/mol. The molecule has 0 aromatic rings. The van der Waals surface area contributed by atoms with E-state index in [2.05, 4.69) is 0 Å². The first kappa shape index (κ1) is 17.9. The number of carbonyl (C=O) groups is 2. The Morgan fingerprint density at radius 3 is 1.00 bits per heavy atom. The molecule has 13 heavy (non-hydrogen) atoms. The molecule has 0 aliphatic heterocycles. The first-order valence-corrected chi connectivity index (χ1v) is 3.92. The van der Waals surface area contributed by atoms with Gasteiger partial charge in [0.25, 0.3) is 11.9 Å². The molecular formula is C4H8F3O5P. The molecule has 9 heteroatoms. The summed E-state index contributed by atoms with van der Waals surface area (Å²) in [5.74, 6) is -1.67. The number of rotatable bonds is 0. The maximum Gasteiger partial charge on any atom is 0.591 e. The van der Waals surface area contributed by atoms with Crippen LogP contribution in [0.25, 0.3) is 0 Å².